The highest BCUT2D eigenvalue weighted by atomic mass is 16.5. The standard InChI is InChI=1S/C27H28N4O4/c28-31-30-24-26(35-18-22-14-8-3-9-15-22)25(34-17-21-12-6-2-7-13-21)23(29-27(24)32)19-33-16-20-10-4-1-5-11-20/h1-15,23-26H,16-19H2,(H,29,32)/t23-,24+,25-,26-/m1/s1. The van der Waals surface area contributed by atoms with Crippen molar-refractivity contribution in [2.24, 2.45) is 5.11 Å². The Kier molecular flexibility index (Phi) is 8.86. The normalized spacial score (nSPS) is 21.7. The number of rotatable bonds is 11. The highest BCUT2D eigenvalue weighted by molar-refractivity contribution is 5.84. The summed E-state index contributed by atoms with van der Waals surface area (Å²) in [5.41, 5.74) is 12.1. The minimum absolute atomic E-state index is 0.217. The molecule has 0 saturated carbocycles. The molecule has 8 nitrogen and oxygen atoms in total. The minimum atomic E-state index is -1.06. The molecule has 0 radical (unpaired) electrons. The maximum Gasteiger partial charge on any atom is 0.232 e. The number of nitrogens with zero attached hydrogens (tertiary/aromatic N) is 3. The molecule has 1 fully saturated rings. The molecule has 0 spiro atoms. The van der Waals surface area contributed by atoms with Gasteiger partial charge in [-0.15, -0.1) is 0 Å². The fourth-order valence-corrected chi connectivity index (χ4v) is 4.03. The zero-order valence-corrected chi connectivity index (χ0v) is 19.3. The number of benzene rings is 3. The first-order valence-corrected chi connectivity index (χ1v) is 11.5. The molecule has 3 aromatic rings. The first kappa shape index (κ1) is 24.4. The molecular formula is C27H28N4O4. The van der Waals surface area contributed by atoms with Crippen LogP contribution in [0.5, 0.6) is 0 Å². The van der Waals surface area contributed by atoms with Crippen molar-refractivity contribution >= 4 is 5.91 Å². The van der Waals surface area contributed by atoms with E-state index in [1.807, 2.05) is 91.0 Å². The monoisotopic (exact) mass is 472 g/mol. The van der Waals surface area contributed by atoms with Gasteiger partial charge in [-0.25, -0.2) is 0 Å². The third-order valence-corrected chi connectivity index (χ3v) is 5.78. The number of piperidine rings is 1. The predicted molar refractivity (Wildman–Crippen MR) is 131 cm³/mol. The second kappa shape index (κ2) is 12.7. The molecule has 0 aliphatic carbocycles. The van der Waals surface area contributed by atoms with E-state index in [1.165, 1.54) is 0 Å². The van der Waals surface area contributed by atoms with E-state index in [0.29, 0.717) is 13.2 Å². The van der Waals surface area contributed by atoms with Gasteiger partial charge in [0, 0.05) is 4.91 Å². The van der Waals surface area contributed by atoms with E-state index in [1.54, 1.807) is 0 Å². The van der Waals surface area contributed by atoms with Gasteiger partial charge >= 0.3 is 0 Å². The average Bonchev–Trinajstić information content (AvgIpc) is 2.90. The zero-order valence-electron chi connectivity index (χ0n) is 19.3. The van der Waals surface area contributed by atoms with Gasteiger partial charge in [0.2, 0.25) is 5.91 Å². The van der Waals surface area contributed by atoms with Gasteiger partial charge < -0.3 is 19.5 Å². The number of hydrogen-bond acceptors (Lipinski definition) is 5. The molecule has 1 amide bonds. The maximum atomic E-state index is 12.9. The van der Waals surface area contributed by atoms with Crippen molar-refractivity contribution in [2.75, 3.05) is 6.61 Å². The minimum Gasteiger partial charge on any atom is -0.375 e. The van der Waals surface area contributed by atoms with Crippen molar-refractivity contribution in [1.29, 1.82) is 0 Å². The van der Waals surface area contributed by atoms with Crippen LogP contribution in [-0.2, 0) is 38.8 Å². The predicted octanol–water partition coefficient (Wildman–Crippen LogP) is 4.55. The number of hydrogen-bond donors (Lipinski definition) is 1. The summed E-state index contributed by atoms with van der Waals surface area (Å²) in [6, 6.07) is 27.6. The van der Waals surface area contributed by atoms with Crippen LogP contribution in [0.25, 0.3) is 10.4 Å². The lowest BCUT2D eigenvalue weighted by Gasteiger charge is -2.41. The van der Waals surface area contributed by atoms with E-state index >= 15 is 0 Å². The lowest BCUT2D eigenvalue weighted by molar-refractivity contribution is -0.157. The van der Waals surface area contributed by atoms with E-state index < -0.39 is 30.2 Å². The lowest BCUT2D eigenvalue weighted by atomic mass is 9.93. The second-order valence-electron chi connectivity index (χ2n) is 8.29. The SMILES string of the molecule is [N-]=[N+]=N[C@@H]1C(=O)N[C@H](COCc2ccccc2)[C@@H](OCc2ccccc2)[C@@H]1OCc1ccccc1. The molecule has 0 unspecified atom stereocenters. The summed E-state index contributed by atoms with van der Waals surface area (Å²) in [6.07, 6.45) is -1.38. The summed E-state index contributed by atoms with van der Waals surface area (Å²) in [7, 11) is 0. The summed E-state index contributed by atoms with van der Waals surface area (Å²) in [4.78, 5) is 15.8. The molecule has 0 aromatic heterocycles. The van der Waals surface area contributed by atoms with Crippen LogP contribution in [0.15, 0.2) is 96.1 Å². The summed E-state index contributed by atoms with van der Waals surface area (Å²) >= 11 is 0. The van der Waals surface area contributed by atoms with Crippen LogP contribution < -0.4 is 5.32 Å². The van der Waals surface area contributed by atoms with E-state index in [2.05, 4.69) is 15.3 Å². The molecule has 1 saturated heterocycles. The summed E-state index contributed by atoms with van der Waals surface area (Å²) in [6.45, 7) is 1.17. The van der Waals surface area contributed by atoms with Gasteiger partial charge in [0.05, 0.1) is 32.5 Å². The van der Waals surface area contributed by atoms with Gasteiger partial charge in [-0.2, -0.15) is 0 Å². The average molecular weight is 473 g/mol. The first-order valence-electron chi connectivity index (χ1n) is 11.5. The van der Waals surface area contributed by atoms with Crippen LogP contribution in [0.2, 0.25) is 0 Å². The molecule has 4 rings (SSSR count). The van der Waals surface area contributed by atoms with Crippen molar-refractivity contribution in [2.45, 2.75) is 44.1 Å². The Morgan fingerprint density at radius 3 is 1.74 bits per heavy atom. The van der Waals surface area contributed by atoms with Crippen molar-refractivity contribution in [3.63, 3.8) is 0 Å². The maximum absolute atomic E-state index is 12.9. The van der Waals surface area contributed by atoms with E-state index in [0.717, 1.165) is 16.7 Å². The van der Waals surface area contributed by atoms with Crippen molar-refractivity contribution in [1.82, 2.24) is 5.32 Å². The molecule has 8 heteroatoms. The van der Waals surface area contributed by atoms with Crippen molar-refractivity contribution in [3.8, 4) is 0 Å². The summed E-state index contributed by atoms with van der Waals surface area (Å²) < 4.78 is 18.4. The quantitative estimate of drug-likeness (QED) is 0.251. The Hall–Kier alpha value is -3.68. The zero-order chi connectivity index (χ0) is 24.3. The van der Waals surface area contributed by atoms with Crippen LogP contribution in [0, 0.1) is 0 Å². The van der Waals surface area contributed by atoms with Gasteiger partial charge in [0.25, 0.3) is 0 Å². The molecule has 1 aliphatic rings. The van der Waals surface area contributed by atoms with Crippen LogP contribution in [-0.4, -0.2) is 36.8 Å². The Morgan fingerprint density at radius 1 is 0.743 bits per heavy atom. The number of nitrogens with one attached hydrogen (secondary N) is 1. The molecule has 0 bridgehead atoms. The van der Waals surface area contributed by atoms with Gasteiger partial charge in [0.1, 0.15) is 18.2 Å². The molecule has 3 aromatic carbocycles. The Labute approximate surface area is 204 Å². The van der Waals surface area contributed by atoms with E-state index in [-0.39, 0.29) is 13.2 Å². The smallest absolute Gasteiger partial charge is 0.232 e. The van der Waals surface area contributed by atoms with E-state index in [9.17, 15) is 4.79 Å². The highest BCUT2D eigenvalue weighted by Crippen LogP contribution is 2.24. The van der Waals surface area contributed by atoms with Gasteiger partial charge in [-0.3, -0.25) is 4.79 Å². The molecule has 1 N–H and O–H groups in total. The number of carbonyl (C=O) groups is 1. The van der Waals surface area contributed by atoms with Gasteiger partial charge in [0.15, 0.2) is 0 Å². The topological polar surface area (TPSA) is 106 Å². The lowest BCUT2D eigenvalue weighted by Crippen LogP contribution is -2.64. The molecular weight excluding hydrogens is 444 g/mol. The van der Waals surface area contributed by atoms with Crippen LogP contribution in [0.1, 0.15) is 16.7 Å². The van der Waals surface area contributed by atoms with Crippen molar-refractivity contribution in [3.05, 3.63) is 118 Å². The van der Waals surface area contributed by atoms with Gasteiger partial charge in [-0.05, 0) is 22.2 Å². The van der Waals surface area contributed by atoms with Gasteiger partial charge in [-0.1, -0.05) is 96.1 Å². The van der Waals surface area contributed by atoms with E-state index in [4.69, 9.17) is 19.7 Å². The fourth-order valence-electron chi connectivity index (χ4n) is 4.03. The Morgan fingerprint density at radius 2 is 1.23 bits per heavy atom. The number of azide groups is 1. The van der Waals surface area contributed by atoms with Crippen LogP contribution in [0.4, 0.5) is 0 Å². The fraction of sp³-hybridized carbons (Fsp3) is 0.296. The Bertz CT molecular complexity index is 1110. The first-order chi connectivity index (χ1) is 17.2. The number of amides is 1. The largest absolute Gasteiger partial charge is 0.375 e. The van der Waals surface area contributed by atoms with Crippen molar-refractivity contribution < 1.29 is 19.0 Å². The third kappa shape index (κ3) is 6.91. The second-order valence-corrected chi connectivity index (χ2v) is 8.29. The number of ether oxygens (including phenoxy) is 3. The molecule has 4 atom stereocenters. The number of carbonyl (C=O) groups excluding carboxylic acids is 1. The molecule has 1 heterocycles. The molecule has 180 valence electrons. The summed E-state index contributed by atoms with van der Waals surface area (Å²) in [5.74, 6) is -0.409. The molecule has 1 aliphatic heterocycles. The third-order valence-electron chi connectivity index (χ3n) is 5.78. The molecule has 35 heavy (non-hydrogen) atoms. The highest BCUT2D eigenvalue weighted by Gasteiger charge is 2.45. The van der Waals surface area contributed by atoms with Crippen LogP contribution in [0.3, 0.4) is 0 Å². The Balaban J connectivity index is 1.53. The summed E-state index contributed by atoms with van der Waals surface area (Å²) in [5, 5.41) is 6.67. The van der Waals surface area contributed by atoms with Crippen LogP contribution >= 0.6 is 0 Å².